The Morgan fingerprint density at radius 1 is 0.882 bits per heavy atom. The van der Waals surface area contributed by atoms with Gasteiger partial charge in [0.15, 0.2) is 0 Å². The van der Waals surface area contributed by atoms with Gasteiger partial charge in [-0.15, -0.1) is 0 Å². The molecule has 0 N–H and O–H groups in total. The van der Waals surface area contributed by atoms with Gasteiger partial charge in [-0.2, -0.15) is 4.31 Å². The first kappa shape index (κ1) is 24.3. The molecule has 8 nitrogen and oxygen atoms in total. The van der Waals surface area contributed by atoms with E-state index in [0.29, 0.717) is 44.8 Å². The van der Waals surface area contributed by atoms with Crippen LogP contribution in [0, 0.1) is 12.8 Å². The molecule has 0 unspecified atom stereocenters. The molecule has 2 aliphatic heterocycles. The first-order valence-corrected chi connectivity index (χ1v) is 13.1. The van der Waals surface area contributed by atoms with Gasteiger partial charge in [0.1, 0.15) is 11.5 Å². The third-order valence-corrected chi connectivity index (χ3v) is 8.73. The van der Waals surface area contributed by atoms with E-state index in [9.17, 15) is 13.2 Å². The normalized spacial score (nSPS) is 18.1. The van der Waals surface area contributed by atoms with Gasteiger partial charge < -0.3 is 19.3 Å². The molecular weight excluding hydrogens is 454 g/mol. The molecule has 2 aromatic carbocycles. The monoisotopic (exact) mass is 487 g/mol. The summed E-state index contributed by atoms with van der Waals surface area (Å²) in [5, 5.41) is 0. The number of carbonyl (C=O) groups excluding carboxylic acids is 1. The Morgan fingerprint density at radius 3 is 2.09 bits per heavy atom. The summed E-state index contributed by atoms with van der Waals surface area (Å²) in [6.07, 6.45) is 1.10. The number of sulfonamides is 1. The Balaban J connectivity index is 1.31. The highest BCUT2D eigenvalue weighted by Crippen LogP contribution is 2.28. The minimum absolute atomic E-state index is 0.128. The third kappa shape index (κ3) is 5.00. The number of nitrogens with zero attached hydrogens (tertiary/aromatic N) is 3. The molecule has 2 fully saturated rings. The van der Waals surface area contributed by atoms with Crippen LogP contribution in [0.5, 0.6) is 11.5 Å². The number of hydrogen-bond acceptors (Lipinski definition) is 6. The van der Waals surface area contributed by atoms with E-state index in [2.05, 4.69) is 4.90 Å². The predicted octanol–water partition coefficient (Wildman–Crippen LogP) is 2.76. The lowest BCUT2D eigenvalue weighted by Gasteiger charge is -2.39. The van der Waals surface area contributed by atoms with Crippen LogP contribution in [-0.4, -0.2) is 77.0 Å². The number of rotatable bonds is 6. The quantitative estimate of drug-likeness (QED) is 0.624. The number of anilines is 1. The maximum Gasteiger partial charge on any atom is 0.243 e. The molecule has 4 rings (SSSR count). The first-order chi connectivity index (χ1) is 16.3. The van der Waals surface area contributed by atoms with Gasteiger partial charge in [0.2, 0.25) is 15.9 Å². The Bertz CT molecular complexity index is 1100. The summed E-state index contributed by atoms with van der Waals surface area (Å²) in [6.45, 7) is 5.45. The van der Waals surface area contributed by atoms with Crippen LogP contribution in [0.15, 0.2) is 47.4 Å². The van der Waals surface area contributed by atoms with Crippen LogP contribution in [0.1, 0.15) is 18.4 Å². The lowest BCUT2D eigenvalue weighted by Crippen LogP contribution is -2.52. The van der Waals surface area contributed by atoms with Crippen LogP contribution in [0.2, 0.25) is 0 Å². The van der Waals surface area contributed by atoms with Crippen LogP contribution in [0.3, 0.4) is 0 Å². The highest BCUT2D eigenvalue weighted by atomic mass is 32.2. The van der Waals surface area contributed by atoms with Gasteiger partial charge in [-0.1, -0.05) is 0 Å². The lowest BCUT2D eigenvalue weighted by molar-refractivity contribution is -0.137. The molecule has 34 heavy (non-hydrogen) atoms. The summed E-state index contributed by atoms with van der Waals surface area (Å²) in [5.74, 6) is 1.51. The molecule has 0 atom stereocenters. The summed E-state index contributed by atoms with van der Waals surface area (Å²) < 4.78 is 38.2. The van der Waals surface area contributed by atoms with Crippen molar-refractivity contribution in [3.8, 4) is 11.5 Å². The highest BCUT2D eigenvalue weighted by molar-refractivity contribution is 7.89. The fraction of sp³-hybridized carbons (Fsp3) is 0.480. The third-order valence-electron chi connectivity index (χ3n) is 6.84. The molecule has 0 bridgehead atoms. The van der Waals surface area contributed by atoms with E-state index in [-0.39, 0.29) is 16.7 Å². The van der Waals surface area contributed by atoms with Crippen molar-refractivity contribution < 1.29 is 22.7 Å². The van der Waals surface area contributed by atoms with E-state index in [1.54, 1.807) is 32.4 Å². The first-order valence-electron chi connectivity index (χ1n) is 11.7. The van der Waals surface area contributed by atoms with E-state index >= 15 is 0 Å². The number of carbonyl (C=O) groups is 1. The zero-order valence-electron chi connectivity index (χ0n) is 20.1. The molecule has 0 aliphatic carbocycles. The fourth-order valence-electron chi connectivity index (χ4n) is 4.74. The van der Waals surface area contributed by atoms with E-state index < -0.39 is 10.0 Å². The van der Waals surface area contributed by atoms with Crippen LogP contribution >= 0.6 is 0 Å². The molecule has 2 heterocycles. The number of piperidine rings is 1. The predicted molar refractivity (Wildman–Crippen MR) is 131 cm³/mol. The Hall–Kier alpha value is -2.78. The number of hydrogen-bond donors (Lipinski definition) is 0. The molecule has 0 radical (unpaired) electrons. The van der Waals surface area contributed by atoms with Crippen molar-refractivity contribution in [2.45, 2.75) is 24.7 Å². The fourth-order valence-corrected chi connectivity index (χ4v) is 6.30. The molecule has 184 valence electrons. The summed E-state index contributed by atoms with van der Waals surface area (Å²) in [4.78, 5) is 17.6. The second kappa shape index (κ2) is 10.2. The molecular formula is C25H33N3O5S. The largest absolute Gasteiger partial charge is 0.497 e. The van der Waals surface area contributed by atoms with Crippen molar-refractivity contribution in [1.29, 1.82) is 0 Å². The van der Waals surface area contributed by atoms with Crippen LogP contribution in [0.4, 0.5) is 5.69 Å². The Labute approximate surface area is 202 Å². The van der Waals surface area contributed by atoms with E-state index in [4.69, 9.17) is 9.47 Å². The van der Waals surface area contributed by atoms with Crippen LogP contribution < -0.4 is 14.4 Å². The topological polar surface area (TPSA) is 79.4 Å². The SMILES string of the molecule is COc1ccc(N2CCN(C(=O)C3CCN(S(=O)(=O)c4ccc(OC)c(C)c4)CC3)CC2)cc1. The zero-order chi connectivity index (χ0) is 24.3. The summed E-state index contributed by atoms with van der Waals surface area (Å²) in [6, 6.07) is 12.9. The number of ether oxygens (including phenoxy) is 2. The second-order valence-corrected chi connectivity index (χ2v) is 10.8. The van der Waals surface area contributed by atoms with Gasteiger partial charge in [-0.25, -0.2) is 8.42 Å². The van der Waals surface area contributed by atoms with Crippen molar-refractivity contribution >= 4 is 21.6 Å². The maximum absolute atomic E-state index is 13.1. The number of amides is 1. The van der Waals surface area contributed by atoms with Crippen molar-refractivity contribution in [3.63, 3.8) is 0 Å². The summed E-state index contributed by atoms with van der Waals surface area (Å²) in [5.41, 5.74) is 1.91. The van der Waals surface area contributed by atoms with Crippen molar-refractivity contribution in [3.05, 3.63) is 48.0 Å². The van der Waals surface area contributed by atoms with Gasteiger partial charge in [-0.3, -0.25) is 4.79 Å². The molecule has 9 heteroatoms. The minimum Gasteiger partial charge on any atom is -0.497 e. The van der Waals surface area contributed by atoms with Crippen LogP contribution in [-0.2, 0) is 14.8 Å². The number of benzene rings is 2. The van der Waals surface area contributed by atoms with Gasteiger partial charge in [0.25, 0.3) is 0 Å². The molecule has 2 aromatic rings. The van der Waals surface area contributed by atoms with Gasteiger partial charge >= 0.3 is 0 Å². The maximum atomic E-state index is 13.1. The van der Waals surface area contributed by atoms with E-state index in [1.165, 1.54) is 4.31 Å². The number of methoxy groups -OCH3 is 2. The Kier molecular flexibility index (Phi) is 7.33. The average Bonchev–Trinajstić information content (AvgIpc) is 2.88. The Morgan fingerprint density at radius 2 is 1.53 bits per heavy atom. The molecule has 2 aliphatic rings. The smallest absolute Gasteiger partial charge is 0.243 e. The van der Waals surface area contributed by atoms with Gasteiger partial charge in [0, 0.05) is 50.9 Å². The molecule has 1 amide bonds. The molecule has 0 spiro atoms. The zero-order valence-corrected chi connectivity index (χ0v) is 20.9. The van der Waals surface area contributed by atoms with Gasteiger partial charge in [-0.05, 0) is 67.8 Å². The van der Waals surface area contributed by atoms with Crippen molar-refractivity contribution in [1.82, 2.24) is 9.21 Å². The van der Waals surface area contributed by atoms with Gasteiger partial charge in [0.05, 0.1) is 19.1 Å². The lowest BCUT2D eigenvalue weighted by atomic mass is 9.96. The van der Waals surface area contributed by atoms with E-state index in [0.717, 1.165) is 30.1 Å². The molecule has 0 aromatic heterocycles. The number of aryl methyl sites for hydroxylation is 1. The van der Waals surface area contributed by atoms with E-state index in [1.807, 2.05) is 36.1 Å². The molecule has 2 saturated heterocycles. The van der Waals surface area contributed by atoms with Crippen molar-refractivity contribution in [2.75, 3.05) is 58.4 Å². The average molecular weight is 488 g/mol. The highest BCUT2D eigenvalue weighted by Gasteiger charge is 2.34. The van der Waals surface area contributed by atoms with Crippen molar-refractivity contribution in [2.24, 2.45) is 5.92 Å². The molecule has 0 saturated carbocycles. The summed E-state index contributed by atoms with van der Waals surface area (Å²) in [7, 11) is -0.370. The number of piperazine rings is 1. The summed E-state index contributed by atoms with van der Waals surface area (Å²) >= 11 is 0. The minimum atomic E-state index is -3.59. The standard InChI is InChI=1S/C25H33N3O5S/c1-19-18-23(8-9-24(19)33-3)34(30,31)28-12-10-20(11-13-28)25(29)27-16-14-26(15-17-27)21-4-6-22(32-2)7-5-21/h4-9,18,20H,10-17H2,1-3H3. The second-order valence-electron chi connectivity index (χ2n) is 8.82. The van der Waals surface area contributed by atoms with Crippen LogP contribution in [0.25, 0.3) is 0 Å².